The van der Waals surface area contributed by atoms with Crippen LogP contribution in [0, 0.1) is 17.6 Å². The Morgan fingerprint density at radius 1 is 0.906 bits per heavy atom. The molecule has 0 bridgehead atoms. The van der Waals surface area contributed by atoms with Gasteiger partial charge in [-0.2, -0.15) is 0 Å². The van der Waals surface area contributed by atoms with E-state index in [4.69, 9.17) is 4.42 Å². The number of benzene rings is 2. The number of carbonyl (C=O) groups excluding carboxylic acids is 2. The van der Waals surface area contributed by atoms with Crippen LogP contribution in [0.15, 0.2) is 71.3 Å². The molecule has 168 valence electrons. The van der Waals surface area contributed by atoms with Crippen LogP contribution in [0.25, 0.3) is 0 Å². The molecule has 2 aromatic carbocycles. The van der Waals surface area contributed by atoms with Crippen LogP contribution in [0.1, 0.15) is 35.5 Å². The molecule has 0 saturated heterocycles. The van der Waals surface area contributed by atoms with Crippen molar-refractivity contribution in [2.45, 2.75) is 26.9 Å². The SMILES string of the molecule is CC(C)CN(CC(=O)N(Cc1ccc(F)cc1)Cc1ccco1)C(=O)c1ccccc1F. The van der Waals surface area contributed by atoms with E-state index >= 15 is 0 Å². The van der Waals surface area contributed by atoms with Gasteiger partial charge in [0.1, 0.15) is 23.9 Å². The molecule has 3 aromatic rings. The third-order valence-corrected chi connectivity index (χ3v) is 4.87. The summed E-state index contributed by atoms with van der Waals surface area (Å²) < 4.78 is 32.9. The molecule has 0 saturated carbocycles. The van der Waals surface area contributed by atoms with Crippen LogP contribution in [0.3, 0.4) is 0 Å². The van der Waals surface area contributed by atoms with E-state index in [-0.39, 0.29) is 42.8 Å². The number of nitrogens with zero attached hydrogens (tertiary/aromatic N) is 2. The fourth-order valence-corrected chi connectivity index (χ4v) is 3.36. The zero-order chi connectivity index (χ0) is 23.1. The molecule has 5 nitrogen and oxygen atoms in total. The highest BCUT2D eigenvalue weighted by atomic mass is 19.1. The summed E-state index contributed by atoms with van der Waals surface area (Å²) >= 11 is 0. The highest BCUT2D eigenvalue weighted by Gasteiger charge is 2.25. The summed E-state index contributed by atoms with van der Waals surface area (Å²) in [6.07, 6.45) is 1.52. The van der Waals surface area contributed by atoms with Crippen LogP contribution >= 0.6 is 0 Å². The molecule has 0 aliphatic carbocycles. The van der Waals surface area contributed by atoms with Crippen molar-refractivity contribution >= 4 is 11.8 Å². The first kappa shape index (κ1) is 23.2. The Morgan fingerprint density at radius 2 is 1.62 bits per heavy atom. The zero-order valence-corrected chi connectivity index (χ0v) is 18.1. The Labute approximate surface area is 186 Å². The summed E-state index contributed by atoms with van der Waals surface area (Å²) in [5.74, 6) is -1.19. The maximum absolute atomic E-state index is 14.2. The quantitative estimate of drug-likeness (QED) is 0.476. The van der Waals surface area contributed by atoms with Gasteiger partial charge < -0.3 is 14.2 Å². The van der Waals surface area contributed by atoms with E-state index in [1.54, 1.807) is 30.3 Å². The topological polar surface area (TPSA) is 53.8 Å². The van der Waals surface area contributed by atoms with Gasteiger partial charge in [0.2, 0.25) is 5.91 Å². The maximum atomic E-state index is 14.2. The molecule has 3 rings (SSSR count). The minimum Gasteiger partial charge on any atom is -0.467 e. The van der Waals surface area contributed by atoms with E-state index in [1.165, 1.54) is 46.4 Å². The largest absolute Gasteiger partial charge is 0.467 e. The van der Waals surface area contributed by atoms with E-state index < -0.39 is 11.7 Å². The molecule has 0 spiro atoms. The normalized spacial score (nSPS) is 10.9. The van der Waals surface area contributed by atoms with Gasteiger partial charge in [0, 0.05) is 13.1 Å². The van der Waals surface area contributed by atoms with Crippen molar-refractivity contribution in [1.82, 2.24) is 9.80 Å². The first-order valence-electron chi connectivity index (χ1n) is 10.4. The van der Waals surface area contributed by atoms with Gasteiger partial charge in [-0.1, -0.05) is 38.1 Å². The molecule has 0 aliphatic rings. The van der Waals surface area contributed by atoms with Crippen molar-refractivity contribution < 1.29 is 22.8 Å². The minimum absolute atomic E-state index is 0.0722. The van der Waals surface area contributed by atoms with E-state index in [1.807, 2.05) is 13.8 Å². The number of rotatable bonds is 9. The van der Waals surface area contributed by atoms with E-state index in [2.05, 4.69) is 0 Å². The number of hydrogen-bond acceptors (Lipinski definition) is 3. The summed E-state index contributed by atoms with van der Waals surface area (Å²) in [4.78, 5) is 29.2. The van der Waals surface area contributed by atoms with Crippen LogP contribution in [0.5, 0.6) is 0 Å². The predicted molar refractivity (Wildman–Crippen MR) is 117 cm³/mol. The fraction of sp³-hybridized carbons (Fsp3) is 0.280. The monoisotopic (exact) mass is 440 g/mol. The number of carbonyl (C=O) groups is 2. The van der Waals surface area contributed by atoms with Crippen LogP contribution < -0.4 is 0 Å². The molecular weight excluding hydrogens is 414 g/mol. The number of hydrogen-bond donors (Lipinski definition) is 0. The van der Waals surface area contributed by atoms with Gasteiger partial charge in [0.05, 0.1) is 18.4 Å². The molecule has 1 heterocycles. The Hall–Kier alpha value is -3.48. The second kappa shape index (κ2) is 10.7. The van der Waals surface area contributed by atoms with Gasteiger partial charge in [-0.15, -0.1) is 0 Å². The fourth-order valence-electron chi connectivity index (χ4n) is 3.36. The van der Waals surface area contributed by atoms with Gasteiger partial charge in [-0.05, 0) is 47.9 Å². The summed E-state index contributed by atoms with van der Waals surface area (Å²) in [5, 5.41) is 0. The van der Waals surface area contributed by atoms with Crippen molar-refractivity contribution in [3.63, 3.8) is 0 Å². The standard InChI is InChI=1S/C25H26F2N2O3/c1-18(2)14-29(25(31)22-7-3-4-8-23(22)27)17-24(30)28(16-21-6-5-13-32-21)15-19-9-11-20(26)12-10-19/h3-13,18H,14-17H2,1-2H3. The highest BCUT2D eigenvalue weighted by molar-refractivity contribution is 5.96. The van der Waals surface area contributed by atoms with Crippen molar-refractivity contribution in [2.75, 3.05) is 13.1 Å². The number of furan rings is 1. The molecule has 0 fully saturated rings. The van der Waals surface area contributed by atoms with Crippen LogP contribution in [0.2, 0.25) is 0 Å². The molecule has 0 aliphatic heterocycles. The first-order chi connectivity index (χ1) is 15.3. The third-order valence-electron chi connectivity index (χ3n) is 4.87. The van der Waals surface area contributed by atoms with Crippen molar-refractivity contribution in [1.29, 1.82) is 0 Å². The molecule has 7 heteroatoms. The van der Waals surface area contributed by atoms with Gasteiger partial charge in [-0.3, -0.25) is 9.59 Å². The third kappa shape index (κ3) is 6.26. The lowest BCUT2D eigenvalue weighted by Gasteiger charge is -2.28. The molecular formula is C25H26F2N2O3. The van der Waals surface area contributed by atoms with Gasteiger partial charge in [0.15, 0.2) is 0 Å². The lowest BCUT2D eigenvalue weighted by Crippen LogP contribution is -2.44. The molecule has 1 aromatic heterocycles. The smallest absolute Gasteiger partial charge is 0.257 e. The highest BCUT2D eigenvalue weighted by Crippen LogP contribution is 2.15. The van der Waals surface area contributed by atoms with Crippen LogP contribution in [0.4, 0.5) is 8.78 Å². The van der Waals surface area contributed by atoms with Crippen molar-refractivity contribution in [3.8, 4) is 0 Å². The second-order valence-corrected chi connectivity index (χ2v) is 8.01. The Kier molecular flexibility index (Phi) is 7.76. The average Bonchev–Trinajstić information content (AvgIpc) is 3.27. The minimum atomic E-state index is -0.627. The lowest BCUT2D eigenvalue weighted by molar-refractivity contribution is -0.133. The molecule has 0 unspecified atom stereocenters. The predicted octanol–water partition coefficient (Wildman–Crippen LogP) is 4.89. The lowest BCUT2D eigenvalue weighted by atomic mass is 10.1. The molecule has 0 radical (unpaired) electrons. The van der Waals surface area contributed by atoms with Crippen LogP contribution in [-0.4, -0.2) is 34.7 Å². The Balaban J connectivity index is 1.82. The maximum Gasteiger partial charge on any atom is 0.257 e. The van der Waals surface area contributed by atoms with Crippen molar-refractivity contribution in [2.24, 2.45) is 5.92 Å². The van der Waals surface area contributed by atoms with Gasteiger partial charge >= 0.3 is 0 Å². The Morgan fingerprint density at radius 3 is 2.25 bits per heavy atom. The number of halogens is 2. The summed E-state index contributed by atoms with van der Waals surface area (Å²) in [6, 6.07) is 15.1. The summed E-state index contributed by atoms with van der Waals surface area (Å²) in [6.45, 7) is 4.32. The van der Waals surface area contributed by atoms with Gasteiger partial charge in [-0.25, -0.2) is 8.78 Å². The first-order valence-corrected chi connectivity index (χ1v) is 10.4. The zero-order valence-electron chi connectivity index (χ0n) is 18.1. The van der Waals surface area contributed by atoms with E-state index in [9.17, 15) is 18.4 Å². The molecule has 0 atom stereocenters. The second-order valence-electron chi connectivity index (χ2n) is 8.01. The summed E-state index contributed by atoms with van der Waals surface area (Å²) in [5.41, 5.74) is 0.666. The van der Waals surface area contributed by atoms with E-state index in [0.29, 0.717) is 12.3 Å². The average molecular weight is 440 g/mol. The van der Waals surface area contributed by atoms with Gasteiger partial charge in [0.25, 0.3) is 5.91 Å². The molecule has 0 N–H and O–H groups in total. The number of amides is 2. The molecule has 2 amide bonds. The molecule has 32 heavy (non-hydrogen) atoms. The Bertz CT molecular complexity index is 1030. The summed E-state index contributed by atoms with van der Waals surface area (Å²) in [7, 11) is 0. The van der Waals surface area contributed by atoms with Crippen LogP contribution in [-0.2, 0) is 17.9 Å². The van der Waals surface area contributed by atoms with E-state index in [0.717, 1.165) is 5.56 Å². The van der Waals surface area contributed by atoms with Crippen molar-refractivity contribution in [3.05, 3.63) is 95.4 Å².